The SMILES string of the molecule is CN1CCCC(CNc2cccnc2[N+](=O)[O-])C1. The van der Waals surface area contributed by atoms with Gasteiger partial charge in [-0.3, -0.25) is 0 Å². The van der Waals surface area contributed by atoms with Crippen LogP contribution in [0.5, 0.6) is 0 Å². The highest BCUT2D eigenvalue weighted by atomic mass is 16.6. The maximum absolute atomic E-state index is 10.8. The molecule has 1 aliphatic rings. The van der Waals surface area contributed by atoms with Crippen molar-refractivity contribution in [1.29, 1.82) is 0 Å². The van der Waals surface area contributed by atoms with Crippen molar-refractivity contribution in [3.8, 4) is 0 Å². The molecule has 1 unspecified atom stereocenters. The van der Waals surface area contributed by atoms with Gasteiger partial charge in [-0.25, -0.2) is 0 Å². The maximum atomic E-state index is 10.8. The largest absolute Gasteiger partial charge is 0.386 e. The highest BCUT2D eigenvalue weighted by Crippen LogP contribution is 2.22. The summed E-state index contributed by atoms with van der Waals surface area (Å²) in [6, 6.07) is 3.42. The van der Waals surface area contributed by atoms with Gasteiger partial charge in [-0.15, -0.1) is 0 Å². The molecule has 0 spiro atoms. The molecule has 0 bridgehead atoms. The van der Waals surface area contributed by atoms with Gasteiger partial charge in [0, 0.05) is 13.1 Å². The number of pyridine rings is 1. The molecule has 6 nitrogen and oxygen atoms in total. The lowest BCUT2D eigenvalue weighted by Crippen LogP contribution is -2.35. The second-order valence-corrected chi connectivity index (χ2v) is 4.78. The van der Waals surface area contributed by atoms with Crippen LogP contribution in [0.2, 0.25) is 0 Å². The van der Waals surface area contributed by atoms with Crippen LogP contribution in [-0.2, 0) is 0 Å². The molecule has 1 fully saturated rings. The molecule has 0 aliphatic carbocycles. The molecule has 2 heterocycles. The van der Waals surface area contributed by atoms with E-state index in [0.717, 1.165) is 19.6 Å². The number of aromatic nitrogens is 1. The molecule has 1 saturated heterocycles. The summed E-state index contributed by atoms with van der Waals surface area (Å²) in [6.45, 7) is 2.95. The number of nitrogens with zero attached hydrogens (tertiary/aromatic N) is 3. The lowest BCUT2D eigenvalue weighted by molar-refractivity contribution is -0.388. The number of anilines is 1. The van der Waals surface area contributed by atoms with E-state index in [4.69, 9.17) is 0 Å². The van der Waals surface area contributed by atoms with Crippen molar-refractivity contribution in [1.82, 2.24) is 9.88 Å². The zero-order chi connectivity index (χ0) is 13.0. The van der Waals surface area contributed by atoms with Crippen LogP contribution in [0.1, 0.15) is 12.8 Å². The summed E-state index contributed by atoms with van der Waals surface area (Å²) in [7, 11) is 2.11. The van der Waals surface area contributed by atoms with Crippen LogP contribution in [0.4, 0.5) is 11.5 Å². The van der Waals surface area contributed by atoms with E-state index in [-0.39, 0.29) is 5.82 Å². The maximum Gasteiger partial charge on any atom is 0.386 e. The average Bonchev–Trinajstić information content (AvgIpc) is 2.37. The van der Waals surface area contributed by atoms with E-state index in [2.05, 4.69) is 22.2 Å². The Morgan fingerprint density at radius 3 is 3.22 bits per heavy atom. The van der Waals surface area contributed by atoms with Crippen molar-refractivity contribution < 1.29 is 4.92 Å². The summed E-state index contributed by atoms with van der Waals surface area (Å²) in [5, 5.41) is 14.0. The summed E-state index contributed by atoms with van der Waals surface area (Å²) < 4.78 is 0. The van der Waals surface area contributed by atoms with Crippen LogP contribution >= 0.6 is 0 Å². The minimum atomic E-state index is -0.449. The molecule has 98 valence electrons. The van der Waals surface area contributed by atoms with Gasteiger partial charge in [-0.1, -0.05) is 0 Å². The molecule has 0 saturated carbocycles. The Balaban J connectivity index is 1.95. The summed E-state index contributed by atoms with van der Waals surface area (Å²) in [4.78, 5) is 16.5. The minimum Gasteiger partial charge on any atom is -0.378 e. The number of nitro groups is 1. The van der Waals surface area contributed by atoms with Gasteiger partial charge in [0.25, 0.3) is 0 Å². The van der Waals surface area contributed by atoms with Crippen LogP contribution in [-0.4, -0.2) is 41.5 Å². The van der Waals surface area contributed by atoms with Crippen LogP contribution in [0.15, 0.2) is 18.3 Å². The average molecular weight is 250 g/mol. The first kappa shape index (κ1) is 12.8. The number of nitrogens with one attached hydrogen (secondary N) is 1. The van der Waals surface area contributed by atoms with Gasteiger partial charge in [0.05, 0.1) is 0 Å². The molecule has 1 aliphatic heterocycles. The van der Waals surface area contributed by atoms with E-state index in [1.807, 2.05) is 0 Å². The van der Waals surface area contributed by atoms with E-state index in [0.29, 0.717) is 11.6 Å². The first-order chi connectivity index (χ1) is 8.66. The van der Waals surface area contributed by atoms with Crippen molar-refractivity contribution in [3.05, 3.63) is 28.4 Å². The van der Waals surface area contributed by atoms with Gasteiger partial charge in [-0.2, -0.15) is 0 Å². The second-order valence-electron chi connectivity index (χ2n) is 4.78. The molecule has 1 N–H and O–H groups in total. The van der Waals surface area contributed by atoms with E-state index < -0.39 is 4.92 Å². The first-order valence-corrected chi connectivity index (χ1v) is 6.18. The highest BCUT2D eigenvalue weighted by Gasteiger charge is 2.19. The van der Waals surface area contributed by atoms with Gasteiger partial charge < -0.3 is 20.3 Å². The molecular formula is C12H18N4O2. The predicted octanol–water partition coefficient (Wildman–Crippen LogP) is 1.74. The third-order valence-electron chi connectivity index (χ3n) is 3.26. The topological polar surface area (TPSA) is 71.3 Å². The van der Waals surface area contributed by atoms with Crippen LogP contribution in [0, 0.1) is 16.0 Å². The molecule has 1 atom stereocenters. The normalized spacial score (nSPS) is 20.6. The molecule has 1 aromatic rings. The number of piperidine rings is 1. The molecule has 0 radical (unpaired) electrons. The molecule has 1 aromatic heterocycles. The third-order valence-corrected chi connectivity index (χ3v) is 3.26. The predicted molar refractivity (Wildman–Crippen MR) is 69.6 cm³/mol. The zero-order valence-electron chi connectivity index (χ0n) is 10.5. The van der Waals surface area contributed by atoms with E-state index in [1.54, 1.807) is 12.1 Å². The van der Waals surface area contributed by atoms with Gasteiger partial charge in [-0.05, 0) is 54.4 Å². The van der Waals surface area contributed by atoms with Crippen LogP contribution in [0.3, 0.4) is 0 Å². The standard InChI is InChI=1S/C12H18N4O2/c1-15-7-3-4-10(9-15)8-14-11-5-2-6-13-12(11)16(17)18/h2,5-6,10,14H,3-4,7-9H2,1H3. The fourth-order valence-electron chi connectivity index (χ4n) is 2.37. The monoisotopic (exact) mass is 250 g/mol. The van der Waals surface area contributed by atoms with Crippen LogP contribution in [0.25, 0.3) is 0 Å². The van der Waals surface area contributed by atoms with Gasteiger partial charge in [0.2, 0.25) is 0 Å². The molecule has 6 heteroatoms. The molecule has 0 amide bonds. The number of likely N-dealkylation sites (tertiary alicyclic amines) is 1. The van der Waals surface area contributed by atoms with E-state index >= 15 is 0 Å². The fraction of sp³-hybridized carbons (Fsp3) is 0.583. The Morgan fingerprint density at radius 2 is 2.50 bits per heavy atom. The molecule has 0 aromatic carbocycles. The molecular weight excluding hydrogens is 232 g/mol. The smallest absolute Gasteiger partial charge is 0.378 e. The van der Waals surface area contributed by atoms with E-state index in [1.165, 1.54) is 19.0 Å². The van der Waals surface area contributed by atoms with Crippen molar-refractivity contribution in [2.75, 3.05) is 32.0 Å². The Kier molecular flexibility index (Phi) is 4.09. The zero-order valence-corrected chi connectivity index (χ0v) is 10.5. The Bertz CT molecular complexity index is 424. The van der Waals surface area contributed by atoms with Crippen molar-refractivity contribution in [2.24, 2.45) is 5.92 Å². The third kappa shape index (κ3) is 3.16. The second kappa shape index (κ2) is 5.77. The summed E-state index contributed by atoms with van der Waals surface area (Å²) in [6.07, 6.45) is 3.81. The van der Waals surface area contributed by atoms with Gasteiger partial charge in [0.15, 0.2) is 0 Å². The lowest BCUT2D eigenvalue weighted by atomic mass is 9.98. The highest BCUT2D eigenvalue weighted by molar-refractivity contribution is 5.56. The Morgan fingerprint density at radius 1 is 1.67 bits per heavy atom. The van der Waals surface area contributed by atoms with Gasteiger partial charge in [0.1, 0.15) is 11.9 Å². The summed E-state index contributed by atoms with van der Waals surface area (Å²) in [5.41, 5.74) is 0.510. The number of rotatable bonds is 4. The van der Waals surface area contributed by atoms with Gasteiger partial charge >= 0.3 is 5.82 Å². The fourth-order valence-corrected chi connectivity index (χ4v) is 2.37. The van der Waals surface area contributed by atoms with Crippen molar-refractivity contribution in [3.63, 3.8) is 0 Å². The minimum absolute atomic E-state index is 0.0957. The van der Waals surface area contributed by atoms with E-state index in [9.17, 15) is 10.1 Å². The van der Waals surface area contributed by atoms with Crippen molar-refractivity contribution in [2.45, 2.75) is 12.8 Å². The number of hydrogen-bond acceptors (Lipinski definition) is 5. The molecule has 2 rings (SSSR count). The first-order valence-electron chi connectivity index (χ1n) is 6.18. The lowest BCUT2D eigenvalue weighted by Gasteiger charge is -2.29. The Labute approximate surface area is 106 Å². The Hall–Kier alpha value is -1.69. The molecule has 18 heavy (non-hydrogen) atoms. The van der Waals surface area contributed by atoms with Crippen LogP contribution < -0.4 is 5.32 Å². The summed E-state index contributed by atoms with van der Waals surface area (Å²) >= 11 is 0. The summed E-state index contributed by atoms with van der Waals surface area (Å²) in [5.74, 6) is 0.449. The number of hydrogen-bond donors (Lipinski definition) is 1. The quantitative estimate of drug-likeness (QED) is 0.651. The van der Waals surface area contributed by atoms with Crippen molar-refractivity contribution >= 4 is 11.5 Å².